The minimum absolute atomic E-state index is 0.0180. The average Bonchev–Trinajstić information content (AvgIpc) is 2.37. The molecule has 1 saturated carbocycles. The monoisotopic (exact) mass is 278 g/mol. The molecule has 0 bridgehead atoms. The van der Waals surface area contributed by atoms with Gasteiger partial charge >= 0.3 is 6.03 Å². The van der Waals surface area contributed by atoms with E-state index in [0.717, 1.165) is 24.8 Å². The van der Waals surface area contributed by atoms with Gasteiger partial charge in [0.05, 0.1) is 5.60 Å². The lowest BCUT2D eigenvalue weighted by atomic mass is 9.80. The van der Waals surface area contributed by atoms with Crippen LogP contribution in [0, 0.1) is 0 Å². The van der Waals surface area contributed by atoms with Crippen LogP contribution < -0.4 is 10.6 Å². The Balaban J connectivity index is 1.71. The first kappa shape index (κ1) is 14.7. The number of aromatic hydroxyl groups is 1. The van der Waals surface area contributed by atoms with Gasteiger partial charge in [-0.1, -0.05) is 12.1 Å². The fraction of sp³-hybridized carbons (Fsp3) is 0.533. The SMILES string of the molecule is CC(Cc1ccc(O)cc1)NC(=O)NCC1(O)CCC1. The fourth-order valence-electron chi connectivity index (χ4n) is 2.32. The summed E-state index contributed by atoms with van der Waals surface area (Å²) in [4.78, 5) is 11.7. The number of hydrogen-bond donors (Lipinski definition) is 4. The summed E-state index contributed by atoms with van der Waals surface area (Å²) < 4.78 is 0. The first-order valence-corrected chi connectivity index (χ1v) is 7.01. The van der Waals surface area contributed by atoms with E-state index < -0.39 is 5.60 Å². The molecule has 1 aliphatic carbocycles. The van der Waals surface area contributed by atoms with Gasteiger partial charge in [0.25, 0.3) is 0 Å². The lowest BCUT2D eigenvalue weighted by Gasteiger charge is -2.36. The number of phenols is 1. The minimum atomic E-state index is -0.697. The number of amides is 2. The van der Waals surface area contributed by atoms with Gasteiger partial charge in [-0.05, 0) is 50.3 Å². The number of carbonyl (C=O) groups is 1. The molecule has 1 fully saturated rings. The molecule has 0 aromatic heterocycles. The number of carbonyl (C=O) groups excluding carboxylic acids is 1. The number of benzene rings is 1. The molecule has 1 aromatic carbocycles. The maximum atomic E-state index is 11.7. The summed E-state index contributed by atoms with van der Waals surface area (Å²) in [6, 6.07) is 6.67. The van der Waals surface area contributed by atoms with Gasteiger partial charge in [0.15, 0.2) is 0 Å². The van der Waals surface area contributed by atoms with Gasteiger partial charge in [-0.2, -0.15) is 0 Å². The quantitative estimate of drug-likeness (QED) is 0.659. The molecule has 0 saturated heterocycles. The van der Waals surface area contributed by atoms with Crippen molar-refractivity contribution in [1.82, 2.24) is 10.6 Å². The third kappa shape index (κ3) is 4.13. The molecule has 1 unspecified atom stereocenters. The highest BCUT2D eigenvalue weighted by atomic mass is 16.3. The predicted molar refractivity (Wildman–Crippen MR) is 76.6 cm³/mol. The molecule has 1 atom stereocenters. The Kier molecular flexibility index (Phi) is 4.49. The van der Waals surface area contributed by atoms with Crippen LogP contribution in [0.5, 0.6) is 5.75 Å². The Morgan fingerprint density at radius 1 is 1.35 bits per heavy atom. The summed E-state index contributed by atoms with van der Waals surface area (Å²) in [6.45, 7) is 2.23. The van der Waals surface area contributed by atoms with E-state index in [4.69, 9.17) is 0 Å². The third-order valence-corrected chi connectivity index (χ3v) is 3.72. The van der Waals surface area contributed by atoms with E-state index in [9.17, 15) is 15.0 Å². The summed E-state index contributed by atoms with van der Waals surface area (Å²) in [5, 5.41) is 24.6. The smallest absolute Gasteiger partial charge is 0.315 e. The Bertz CT molecular complexity index is 455. The predicted octanol–water partition coefficient (Wildman–Crippen LogP) is 1.54. The number of aliphatic hydroxyl groups is 1. The number of phenolic OH excluding ortho intramolecular Hbond substituents is 1. The molecule has 1 aromatic rings. The molecule has 0 radical (unpaired) electrons. The van der Waals surface area contributed by atoms with E-state index in [1.165, 1.54) is 0 Å². The topological polar surface area (TPSA) is 81.6 Å². The van der Waals surface area contributed by atoms with Gasteiger partial charge in [-0.25, -0.2) is 4.79 Å². The lowest BCUT2D eigenvalue weighted by molar-refractivity contribution is -0.0290. The van der Waals surface area contributed by atoms with Crippen molar-refractivity contribution < 1.29 is 15.0 Å². The van der Waals surface area contributed by atoms with E-state index in [-0.39, 0.29) is 17.8 Å². The van der Waals surface area contributed by atoms with E-state index in [0.29, 0.717) is 13.0 Å². The van der Waals surface area contributed by atoms with Crippen molar-refractivity contribution in [3.05, 3.63) is 29.8 Å². The molecular weight excluding hydrogens is 256 g/mol. The lowest BCUT2D eigenvalue weighted by Crippen LogP contribution is -2.51. The van der Waals surface area contributed by atoms with Crippen LogP contribution in [0.25, 0.3) is 0 Å². The second-order valence-electron chi connectivity index (χ2n) is 5.68. The molecule has 110 valence electrons. The maximum Gasteiger partial charge on any atom is 0.315 e. The summed E-state index contributed by atoms with van der Waals surface area (Å²) in [6.07, 6.45) is 3.24. The first-order chi connectivity index (χ1) is 9.47. The van der Waals surface area contributed by atoms with Crippen molar-refractivity contribution in [2.45, 2.75) is 44.2 Å². The molecule has 20 heavy (non-hydrogen) atoms. The first-order valence-electron chi connectivity index (χ1n) is 7.01. The summed E-state index contributed by atoms with van der Waals surface area (Å²) in [7, 11) is 0. The zero-order chi connectivity index (χ0) is 14.6. The largest absolute Gasteiger partial charge is 0.508 e. The van der Waals surface area contributed by atoms with Crippen LogP contribution in [0.4, 0.5) is 4.79 Å². The van der Waals surface area contributed by atoms with E-state index in [2.05, 4.69) is 10.6 Å². The molecule has 4 N–H and O–H groups in total. The molecule has 0 aliphatic heterocycles. The molecule has 5 nitrogen and oxygen atoms in total. The van der Waals surface area contributed by atoms with Crippen molar-refractivity contribution in [2.75, 3.05) is 6.54 Å². The van der Waals surface area contributed by atoms with Crippen LogP contribution in [-0.4, -0.2) is 34.4 Å². The van der Waals surface area contributed by atoms with Gasteiger partial charge in [0.2, 0.25) is 0 Å². The summed E-state index contributed by atoms with van der Waals surface area (Å²) in [5.41, 5.74) is 0.352. The number of hydrogen-bond acceptors (Lipinski definition) is 3. The minimum Gasteiger partial charge on any atom is -0.508 e. The number of rotatable bonds is 5. The standard InChI is InChI=1S/C15H22N2O3/c1-11(9-12-3-5-13(18)6-4-12)17-14(19)16-10-15(20)7-2-8-15/h3-6,11,18,20H,2,7-10H2,1H3,(H2,16,17,19). The van der Waals surface area contributed by atoms with Gasteiger partial charge in [0.1, 0.15) is 5.75 Å². The maximum absolute atomic E-state index is 11.7. The Hall–Kier alpha value is -1.75. The number of urea groups is 1. The molecule has 1 aliphatic rings. The Labute approximate surface area is 119 Å². The van der Waals surface area contributed by atoms with E-state index in [1.807, 2.05) is 19.1 Å². The molecule has 2 rings (SSSR count). The normalized spacial score (nSPS) is 17.9. The van der Waals surface area contributed by atoms with Crippen molar-refractivity contribution in [2.24, 2.45) is 0 Å². The van der Waals surface area contributed by atoms with Gasteiger partial charge < -0.3 is 20.8 Å². The Morgan fingerprint density at radius 3 is 2.55 bits per heavy atom. The summed E-state index contributed by atoms with van der Waals surface area (Å²) in [5.74, 6) is 0.237. The average molecular weight is 278 g/mol. The van der Waals surface area contributed by atoms with Crippen LogP contribution in [0.15, 0.2) is 24.3 Å². The molecule has 2 amide bonds. The van der Waals surface area contributed by atoms with Crippen molar-refractivity contribution >= 4 is 6.03 Å². The highest BCUT2D eigenvalue weighted by Crippen LogP contribution is 2.30. The van der Waals surface area contributed by atoms with Crippen molar-refractivity contribution in [3.63, 3.8) is 0 Å². The number of nitrogens with one attached hydrogen (secondary N) is 2. The van der Waals surface area contributed by atoms with Crippen LogP contribution in [0.1, 0.15) is 31.7 Å². The zero-order valence-electron chi connectivity index (χ0n) is 11.7. The Morgan fingerprint density at radius 2 is 2.00 bits per heavy atom. The molecule has 0 heterocycles. The molecular formula is C15H22N2O3. The highest BCUT2D eigenvalue weighted by Gasteiger charge is 2.34. The zero-order valence-corrected chi connectivity index (χ0v) is 11.7. The van der Waals surface area contributed by atoms with Crippen molar-refractivity contribution in [3.8, 4) is 5.75 Å². The second kappa shape index (κ2) is 6.13. The van der Waals surface area contributed by atoms with Crippen LogP contribution >= 0.6 is 0 Å². The van der Waals surface area contributed by atoms with E-state index in [1.54, 1.807) is 12.1 Å². The van der Waals surface area contributed by atoms with Gasteiger partial charge in [-0.15, -0.1) is 0 Å². The second-order valence-corrected chi connectivity index (χ2v) is 5.68. The summed E-state index contributed by atoms with van der Waals surface area (Å²) >= 11 is 0. The van der Waals surface area contributed by atoms with Crippen LogP contribution in [0.3, 0.4) is 0 Å². The van der Waals surface area contributed by atoms with Crippen LogP contribution in [0.2, 0.25) is 0 Å². The van der Waals surface area contributed by atoms with E-state index >= 15 is 0 Å². The molecule has 5 heteroatoms. The van der Waals surface area contributed by atoms with Crippen LogP contribution in [-0.2, 0) is 6.42 Å². The van der Waals surface area contributed by atoms with Gasteiger partial charge in [-0.3, -0.25) is 0 Å². The highest BCUT2D eigenvalue weighted by molar-refractivity contribution is 5.74. The van der Waals surface area contributed by atoms with Gasteiger partial charge in [0, 0.05) is 12.6 Å². The fourth-order valence-corrected chi connectivity index (χ4v) is 2.32. The van der Waals surface area contributed by atoms with Crippen molar-refractivity contribution in [1.29, 1.82) is 0 Å². The molecule has 0 spiro atoms. The third-order valence-electron chi connectivity index (χ3n) is 3.72.